The first kappa shape index (κ1) is 17.4. The van der Waals surface area contributed by atoms with E-state index in [9.17, 15) is 0 Å². The maximum atomic E-state index is 5.97. The Balaban J connectivity index is 1.80. The van der Waals surface area contributed by atoms with Crippen molar-refractivity contribution in [3.05, 3.63) is 23.8 Å². The van der Waals surface area contributed by atoms with Crippen molar-refractivity contribution in [3.63, 3.8) is 0 Å². The number of benzene rings is 1. The lowest BCUT2D eigenvalue weighted by molar-refractivity contribution is 0.139. The van der Waals surface area contributed by atoms with E-state index in [4.69, 9.17) is 15.2 Å². The predicted molar refractivity (Wildman–Crippen MR) is 94.3 cm³/mol. The van der Waals surface area contributed by atoms with Gasteiger partial charge in [0.05, 0.1) is 14.2 Å². The molecule has 0 bridgehead atoms. The van der Waals surface area contributed by atoms with Crippen molar-refractivity contribution in [1.29, 1.82) is 0 Å². The average Bonchev–Trinajstić information content (AvgIpc) is 2.54. The lowest BCUT2D eigenvalue weighted by atomic mass is 9.67. The molecule has 0 spiro atoms. The molecule has 2 rings (SSSR count). The summed E-state index contributed by atoms with van der Waals surface area (Å²) >= 11 is 0. The van der Waals surface area contributed by atoms with E-state index in [1.54, 1.807) is 14.2 Å². The van der Waals surface area contributed by atoms with Crippen LogP contribution in [0.2, 0.25) is 0 Å². The van der Waals surface area contributed by atoms with Crippen LogP contribution in [0, 0.1) is 5.41 Å². The van der Waals surface area contributed by atoms with Gasteiger partial charge in [-0.3, -0.25) is 4.99 Å². The van der Waals surface area contributed by atoms with Gasteiger partial charge in [0.15, 0.2) is 17.5 Å². The van der Waals surface area contributed by atoms with Gasteiger partial charge in [-0.25, -0.2) is 0 Å². The van der Waals surface area contributed by atoms with Crippen LogP contribution in [-0.2, 0) is 6.42 Å². The Bertz CT molecular complexity index is 534. The molecule has 0 amide bonds. The van der Waals surface area contributed by atoms with Crippen molar-refractivity contribution in [3.8, 4) is 11.5 Å². The Morgan fingerprint density at radius 3 is 2.57 bits per heavy atom. The Morgan fingerprint density at radius 1 is 1.26 bits per heavy atom. The minimum atomic E-state index is 0.412. The number of methoxy groups -OCH3 is 2. The van der Waals surface area contributed by atoms with E-state index in [-0.39, 0.29) is 0 Å². The van der Waals surface area contributed by atoms with Gasteiger partial charge in [0.2, 0.25) is 0 Å². The zero-order valence-electron chi connectivity index (χ0n) is 14.5. The topological polar surface area (TPSA) is 68.9 Å². The summed E-state index contributed by atoms with van der Waals surface area (Å²) in [5.41, 5.74) is 7.56. The number of guanidine groups is 1. The largest absolute Gasteiger partial charge is 0.493 e. The molecular formula is C18H29N3O2. The van der Waals surface area contributed by atoms with Crippen LogP contribution in [0.5, 0.6) is 11.5 Å². The molecule has 0 atom stereocenters. The average molecular weight is 319 g/mol. The maximum Gasteiger partial charge on any atom is 0.188 e. The Hall–Kier alpha value is -1.91. The number of hydrogen-bond acceptors (Lipinski definition) is 3. The van der Waals surface area contributed by atoms with Gasteiger partial charge in [-0.15, -0.1) is 0 Å². The first-order valence-corrected chi connectivity index (χ1v) is 8.37. The molecule has 0 aliphatic heterocycles. The van der Waals surface area contributed by atoms with Crippen LogP contribution in [0.15, 0.2) is 23.2 Å². The molecule has 0 saturated heterocycles. The van der Waals surface area contributed by atoms with Crippen LogP contribution < -0.4 is 20.5 Å². The molecule has 1 fully saturated rings. The number of rotatable bonds is 8. The van der Waals surface area contributed by atoms with Crippen molar-refractivity contribution in [2.75, 3.05) is 27.3 Å². The van der Waals surface area contributed by atoms with E-state index >= 15 is 0 Å². The fourth-order valence-electron chi connectivity index (χ4n) is 2.98. The van der Waals surface area contributed by atoms with Gasteiger partial charge in [0.1, 0.15) is 0 Å². The second kappa shape index (κ2) is 8.09. The van der Waals surface area contributed by atoms with Crippen molar-refractivity contribution in [2.24, 2.45) is 16.1 Å². The highest BCUT2D eigenvalue weighted by Crippen LogP contribution is 2.43. The molecule has 5 nitrogen and oxygen atoms in total. The smallest absolute Gasteiger partial charge is 0.188 e. The summed E-state index contributed by atoms with van der Waals surface area (Å²) in [4.78, 5) is 4.52. The maximum absolute atomic E-state index is 5.97. The van der Waals surface area contributed by atoms with Crippen LogP contribution in [0.1, 0.15) is 38.2 Å². The molecule has 0 heterocycles. The summed E-state index contributed by atoms with van der Waals surface area (Å²) in [5, 5.41) is 3.20. The second-order valence-electron chi connectivity index (χ2n) is 6.27. The van der Waals surface area contributed by atoms with Crippen LogP contribution in [0.3, 0.4) is 0 Å². The molecule has 3 N–H and O–H groups in total. The fourth-order valence-corrected chi connectivity index (χ4v) is 2.98. The standard InChI is InChI=1S/C18H29N3O2/c1-4-18(9-5-10-18)13-21-17(19)20-11-8-14-6-7-15(22-2)16(12-14)23-3/h6-7,12H,4-5,8-11,13H2,1-3H3,(H3,19,20,21). The van der Waals surface area contributed by atoms with Crippen LogP contribution in [0.25, 0.3) is 0 Å². The molecule has 0 unspecified atom stereocenters. The molecular weight excluding hydrogens is 290 g/mol. The molecule has 23 heavy (non-hydrogen) atoms. The van der Waals surface area contributed by atoms with Gasteiger partial charge in [-0.05, 0) is 48.8 Å². The quantitative estimate of drug-likeness (QED) is 0.571. The third-order valence-electron chi connectivity index (χ3n) is 4.92. The molecule has 128 valence electrons. The first-order valence-electron chi connectivity index (χ1n) is 8.37. The van der Waals surface area contributed by atoms with Crippen molar-refractivity contribution in [2.45, 2.75) is 39.0 Å². The van der Waals surface area contributed by atoms with Crippen LogP contribution in [-0.4, -0.2) is 33.3 Å². The van der Waals surface area contributed by atoms with Crippen molar-refractivity contribution in [1.82, 2.24) is 5.32 Å². The highest BCUT2D eigenvalue weighted by molar-refractivity contribution is 5.77. The van der Waals surface area contributed by atoms with Gasteiger partial charge in [0.25, 0.3) is 0 Å². The van der Waals surface area contributed by atoms with Crippen LogP contribution >= 0.6 is 0 Å². The summed E-state index contributed by atoms with van der Waals surface area (Å²) in [6.07, 6.45) is 5.94. The number of nitrogens with two attached hydrogens (primary N) is 1. The highest BCUT2D eigenvalue weighted by Gasteiger charge is 2.34. The zero-order valence-corrected chi connectivity index (χ0v) is 14.5. The monoisotopic (exact) mass is 319 g/mol. The van der Waals surface area contributed by atoms with Gasteiger partial charge in [-0.1, -0.05) is 19.4 Å². The van der Waals surface area contributed by atoms with Gasteiger partial charge in [0, 0.05) is 13.1 Å². The number of hydrogen-bond donors (Lipinski definition) is 2. The van der Waals surface area contributed by atoms with Crippen molar-refractivity contribution >= 4 is 5.96 Å². The summed E-state index contributed by atoms with van der Waals surface area (Å²) in [6.45, 7) is 3.85. The number of aliphatic imine (C=N–C) groups is 1. The molecule has 0 aromatic heterocycles. The van der Waals surface area contributed by atoms with E-state index in [2.05, 4.69) is 17.2 Å². The molecule has 1 aliphatic carbocycles. The van der Waals surface area contributed by atoms with E-state index in [0.717, 1.165) is 31.0 Å². The zero-order chi connectivity index (χ0) is 16.7. The number of nitrogens with one attached hydrogen (secondary N) is 1. The lowest BCUT2D eigenvalue weighted by Crippen LogP contribution is -2.37. The van der Waals surface area contributed by atoms with Gasteiger partial charge >= 0.3 is 0 Å². The van der Waals surface area contributed by atoms with Gasteiger partial charge in [-0.2, -0.15) is 0 Å². The van der Waals surface area contributed by atoms with E-state index in [0.29, 0.717) is 11.4 Å². The Morgan fingerprint density at radius 2 is 2.00 bits per heavy atom. The van der Waals surface area contributed by atoms with Gasteiger partial charge < -0.3 is 20.5 Å². The van der Waals surface area contributed by atoms with Crippen LogP contribution in [0.4, 0.5) is 0 Å². The molecule has 1 aromatic rings. The van der Waals surface area contributed by atoms with E-state index < -0.39 is 0 Å². The van der Waals surface area contributed by atoms with E-state index in [1.165, 1.54) is 31.2 Å². The SMILES string of the molecule is CCC1(CN=C(N)NCCc2ccc(OC)c(OC)c2)CCC1. The minimum Gasteiger partial charge on any atom is -0.493 e. The normalized spacial score (nSPS) is 16.6. The van der Waals surface area contributed by atoms with Crippen molar-refractivity contribution < 1.29 is 9.47 Å². The number of nitrogens with zero attached hydrogens (tertiary/aromatic N) is 1. The molecule has 1 saturated carbocycles. The predicted octanol–water partition coefficient (Wildman–Crippen LogP) is 2.73. The first-order chi connectivity index (χ1) is 11.1. The highest BCUT2D eigenvalue weighted by atomic mass is 16.5. The molecule has 0 radical (unpaired) electrons. The molecule has 1 aliphatic rings. The molecule has 1 aromatic carbocycles. The fraction of sp³-hybridized carbons (Fsp3) is 0.611. The summed E-state index contributed by atoms with van der Waals surface area (Å²) < 4.78 is 10.6. The molecule has 5 heteroatoms. The Kier molecular flexibility index (Phi) is 6.13. The number of ether oxygens (including phenoxy) is 2. The minimum absolute atomic E-state index is 0.412. The third kappa shape index (κ3) is 4.53. The Labute approximate surface area is 139 Å². The van der Waals surface area contributed by atoms with E-state index in [1.807, 2.05) is 18.2 Å². The summed E-state index contributed by atoms with van der Waals surface area (Å²) in [5.74, 6) is 2.04. The summed E-state index contributed by atoms with van der Waals surface area (Å²) in [7, 11) is 3.29. The second-order valence-corrected chi connectivity index (χ2v) is 6.27. The summed E-state index contributed by atoms with van der Waals surface area (Å²) in [6, 6.07) is 5.96. The lowest BCUT2D eigenvalue weighted by Gasteiger charge is -2.40. The third-order valence-corrected chi connectivity index (χ3v) is 4.92.